The zero-order chi connectivity index (χ0) is 21.9. The average Bonchev–Trinajstić information content (AvgIpc) is 3.41. The Kier molecular flexibility index (Phi) is 3.80. The minimum absolute atomic E-state index is 0.0783. The van der Waals surface area contributed by atoms with E-state index in [1.54, 1.807) is 6.20 Å². The summed E-state index contributed by atoms with van der Waals surface area (Å²) < 4.78 is 12.1. The van der Waals surface area contributed by atoms with E-state index < -0.39 is 0 Å². The van der Waals surface area contributed by atoms with Gasteiger partial charge in [0.05, 0.1) is 0 Å². The average molecular weight is 449 g/mol. The van der Waals surface area contributed by atoms with Crippen molar-refractivity contribution in [2.24, 2.45) is 0 Å². The molecule has 156 valence electrons. The van der Waals surface area contributed by atoms with Crippen molar-refractivity contribution in [1.29, 1.82) is 0 Å². The van der Waals surface area contributed by atoms with Gasteiger partial charge in [-0.3, -0.25) is 0 Å². The van der Waals surface area contributed by atoms with Crippen molar-refractivity contribution in [2.75, 3.05) is 0 Å². The Morgan fingerprint density at radius 2 is 1.30 bits per heavy atom. The molecular formula is C26H13ClN4O2. The molecule has 0 amide bonds. The van der Waals surface area contributed by atoms with E-state index in [9.17, 15) is 0 Å². The fourth-order valence-electron chi connectivity index (χ4n) is 4.26. The maximum atomic E-state index is 6.32. The summed E-state index contributed by atoms with van der Waals surface area (Å²) in [5.41, 5.74) is 4.25. The number of halogens is 1. The van der Waals surface area contributed by atoms with Crippen LogP contribution in [0.1, 0.15) is 0 Å². The van der Waals surface area contributed by atoms with E-state index in [0.717, 1.165) is 43.9 Å². The van der Waals surface area contributed by atoms with Crippen LogP contribution in [0.25, 0.3) is 66.8 Å². The first kappa shape index (κ1) is 18.3. The number of hydrogen-bond donors (Lipinski definition) is 0. The van der Waals surface area contributed by atoms with Gasteiger partial charge in [0.25, 0.3) is 0 Å². The molecule has 0 bridgehead atoms. The van der Waals surface area contributed by atoms with Gasteiger partial charge in [0.2, 0.25) is 5.28 Å². The summed E-state index contributed by atoms with van der Waals surface area (Å²) in [4.78, 5) is 17.9. The first-order chi connectivity index (χ1) is 16.2. The zero-order valence-corrected chi connectivity index (χ0v) is 17.7. The van der Waals surface area contributed by atoms with Gasteiger partial charge in [0.15, 0.2) is 22.9 Å². The number of fused-ring (bicyclic) bond motifs is 6. The standard InChI is InChI=1S/C26H13ClN4O2/c27-26-30-24(14-9-10-17-15-5-1-3-7-19(15)32-21(17)13-14)29-25(31-26)22-23-18(11-12-28-22)16-6-2-4-8-20(16)33-23/h1-13H. The molecule has 0 aliphatic heterocycles. The predicted octanol–water partition coefficient (Wildman–Crippen LogP) is 7.05. The van der Waals surface area contributed by atoms with Gasteiger partial charge in [0.1, 0.15) is 16.7 Å². The van der Waals surface area contributed by atoms with Crippen molar-refractivity contribution in [3.05, 3.63) is 84.3 Å². The topological polar surface area (TPSA) is 77.8 Å². The number of nitrogens with zero attached hydrogens (tertiary/aromatic N) is 4. The molecule has 0 unspecified atom stereocenters. The Morgan fingerprint density at radius 1 is 0.606 bits per heavy atom. The summed E-state index contributed by atoms with van der Waals surface area (Å²) in [7, 11) is 0. The van der Waals surface area contributed by atoms with Crippen LogP contribution >= 0.6 is 11.6 Å². The predicted molar refractivity (Wildman–Crippen MR) is 128 cm³/mol. The molecule has 0 saturated heterocycles. The molecule has 3 aromatic carbocycles. The van der Waals surface area contributed by atoms with Crippen molar-refractivity contribution in [2.45, 2.75) is 0 Å². The van der Waals surface area contributed by atoms with Crippen LogP contribution in [-0.2, 0) is 0 Å². The van der Waals surface area contributed by atoms with E-state index in [0.29, 0.717) is 22.9 Å². The molecule has 0 fully saturated rings. The van der Waals surface area contributed by atoms with Gasteiger partial charge in [-0.15, -0.1) is 0 Å². The maximum absolute atomic E-state index is 6.32. The van der Waals surface area contributed by atoms with E-state index in [4.69, 9.17) is 20.4 Å². The molecule has 0 aliphatic rings. The Morgan fingerprint density at radius 3 is 2.15 bits per heavy atom. The van der Waals surface area contributed by atoms with Gasteiger partial charge in [-0.25, -0.2) is 9.97 Å². The lowest BCUT2D eigenvalue weighted by molar-refractivity contribution is 0.667. The van der Waals surface area contributed by atoms with Gasteiger partial charge in [-0.05, 0) is 41.9 Å². The first-order valence-electron chi connectivity index (χ1n) is 10.3. The van der Waals surface area contributed by atoms with Crippen molar-refractivity contribution in [3.63, 3.8) is 0 Å². The normalized spacial score (nSPS) is 11.8. The summed E-state index contributed by atoms with van der Waals surface area (Å²) in [5, 5.41) is 4.12. The Hall–Kier alpha value is -4.29. The van der Waals surface area contributed by atoms with Gasteiger partial charge in [-0.2, -0.15) is 9.97 Å². The highest BCUT2D eigenvalue weighted by atomic mass is 35.5. The molecule has 0 spiro atoms. The molecular weight excluding hydrogens is 436 g/mol. The lowest BCUT2D eigenvalue weighted by atomic mass is 10.1. The van der Waals surface area contributed by atoms with Crippen LogP contribution in [0.3, 0.4) is 0 Å². The highest BCUT2D eigenvalue weighted by Gasteiger charge is 2.18. The molecule has 7 heteroatoms. The molecule has 0 radical (unpaired) electrons. The first-order valence-corrected chi connectivity index (χ1v) is 10.7. The monoisotopic (exact) mass is 448 g/mol. The summed E-state index contributed by atoms with van der Waals surface area (Å²) >= 11 is 6.32. The number of benzene rings is 3. The lowest BCUT2D eigenvalue weighted by Crippen LogP contribution is -1.98. The third-order valence-corrected chi connectivity index (χ3v) is 5.92. The van der Waals surface area contributed by atoms with Crippen molar-refractivity contribution in [1.82, 2.24) is 19.9 Å². The largest absolute Gasteiger partial charge is 0.456 e. The Labute approximate surface area is 191 Å². The zero-order valence-electron chi connectivity index (χ0n) is 17.0. The highest BCUT2D eigenvalue weighted by Crippen LogP contribution is 2.35. The highest BCUT2D eigenvalue weighted by molar-refractivity contribution is 6.28. The van der Waals surface area contributed by atoms with Crippen LogP contribution in [0.5, 0.6) is 0 Å². The molecule has 0 aliphatic carbocycles. The van der Waals surface area contributed by atoms with E-state index in [2.05, 4.69) is 19.9 Å². The SMILES string of the molecule is Clc1nc(-c2ccc3c(c2)oc2ccccc23)nc(-c2nccc3c2oc2ccccc23)n1. The number of aromatic nitrogens is 4. The van der Waals surface area contributed by atoms with E-state index in [-0.39, 0.29) is 5.28 Å². The van der Waals surface area contributed by atoms with Gasteiger partial charge in [-0.1, -0.05) is 42.5 Å². The summed E-state index contributed by atoms with van der Waals surface area (Å²) in [6.07, 6.45) is 1.72. The lowest BCUT2D eigenvalue weighted by Gasteiger charge is -2.05. The molecule has 6 nitrogen and oxygen atoms in total. The molecule has 0 N–H and O–H groups in total. The maximum Gasteiger partial charge on any atom is 0.226 e. The number of hydrogen-bond acceptors (Lipinski definition) is 6. The summed E-state index contributed by atoms with van der Waals surface area (Å²) in [5.74, 6) is 0.779. The van der Waals surface area contributed by atoms with E-state index in [1.165, 1.54) is 0 Å². The second kappa shape index (κ2) is 6.85. The van der Waals surface area contributed by atoms with Gasteiger partial charge < -0.3 is 8.83 Å². The van der Waals surface area contributed by atoms with Gasteiger partial charge >= 0.3 is 0 Å². The molecule has 7 rings (SSSR count). The van der Waals surface area contributed by atoms with Crippen LogP contribution in [0.2, 0.25) is 5.28 Å². The third kappa shape index (κ3) is 2.81. The third-order valence-electron chi connectivity index (χ3n) is 5.75. The van der Waals surface area contributed by atoms with E-state index in [1.807, 2.05) is 72.8 Å². The number of rotatable bonds is 2. The van der Waals surface area contributed by atoms with Gasteiger partial charge in [0, 0.05) is 33.3 Å². The number of pyridine rings is 1. The van der Waals surface area contributed by atoms with Crippen LogP contribution in [0.4, 0.5) is 0 Å². The molecule has 4 heterocycles. The van der Waals surface area contributed by atoms with Crippen molar-refractivity contribution in [3.8, 4) is 22.9 Å². The molecule has 7 aromatic rings. The number of furan rings is 2. The van der Waals surface area contributed by atoms with Crippen molar-refractivity contribution < 1.29 is 8.83 Å². The smallest absolute Gasteiger partial charge is 0.226 e. The molecule has 4 aromatic heterocycles. The van der Waals surface area contributed by atoms with Crippen LogP contribution in [0.15, 0.2) is 87.8 Å². The van der Waals surface area contributed by atoms with E-state index >= 15 is 0 Å². The quantitative estimate of drug-likeness (QED) is 0.282. The summed E-state index contributed by atoms with van der Waals surface area (Å²) in [6.45, 7) is 0. The fourth-order valence-corrected chi connectivity index (χ4v) is 4.42. The minimum Gasteiger partial charge on any atom is -0.456 e. The fraction of sp³-hybridized carbons (Fsp3) is 0. The van der Waals surface area contributed by atoms with Crippen molar-refractivity contribution >= 4 is 55.5 Å². The molecule has 0 atom stereocenters. The van der Waals surface area contributed by atoms with Crippen LogP contribution in [0, 0.1) is 0 Å². The second-order valence-electron chi connectivity index (χ2n) is 7.70. The number of para-hydroxylation sites is 2. The molecule has 33 heavy (non-hydrogen) atoms. The van der Waals surface area contributed by atoms with Crippen LogP contribution < -0.4 is 0 Å². The van der Waals surface area contributed by atoms with Crippen LogP contribution in [-0.4, -0.2) is 19.9 Å². The Balaban J connectivity index is 1.42. The summed E-state index contributed by atoms with van der Waals surface area (Å²) in [6, 6.07) is 23.6. The molecule has 0 saturated carbocycles. The second-order valence-corrected chi connectivity index (χ2v) is 8.03. The Bertz CT molecular complexity index is 1850. The minimum atomic E-state index is 0.0783.